The van der Waals surface area contributed by atoms with Gasteiger partial charge in [0.1, 0.15) is 0 Å². The minimum absolute atomic E-state index is 0.114. The van der Waals surface area contributed by atoms with Crippen molar-refractivity contribution in [3.8, 4) is 0 Å². The predicted octanol–water partition coefficient (Wildman–Crippen LogP) is 1.15. The molecule has 1 aromatic carbocycles. The van der Waals surface area contributed by atoms with Gasteiger partial charge in [0, 0.05) is 4.90 Å². The van der Waals surface area contributed by atoms with Gasteiger partial charge in [-0.2, -0.15) is 0 Å². The monoisotopic (exact) mass is 269 g/mol. The zero-order valence-corrected chi connectivity index (χ0v) is 10.1. The van der Waals surface area contributed by atoms with Crippen LogP contribution in [0.5, 0.6) is 0 Å². The molecule has 0 unspecified atom stereocenters. The number of hydrogen-bond donors (Lipinski definition) is 2. The molecule has 0 fully saturated rings. The van der Waals surface area contributed by atoms with E-state index in [9.17, 15) is 9.59 Å². The summed E-state index contributed by atoms with van der Waals surface area (Å²) in [5.41, 5.74) is 5.32. The van der Waals surface area contributed by atoms with Crippen LogP contribution in [0.4, 0.5) is 0 Å². The molecular weight excluding hydrogens is 262 g/mol. The predicted molar refractivity (Wildman–Crippen MR) is 67.3 cm³/mol. The summed E-state index contributed by atoms with van der Waals surface area (Å²) in [4.78, 5) is 29.3. The summed E-state index contributed by atoms with van der Waals surface area (Å²) in [5.74, 6) is -0.324. The van der Waals surface area contributed by atoms with Gasteiger partial charge in [0.05, 0.1) is 28.0 Å². The van der Waals surface area contributed by atoms with Gasteiger partial charge in [-0.25, -0.2) is 4.98 Å². The van der Waals surface area contributed by atoms with Crippen molar-refractivity contribution >= 4 is 40.2 Å². The molecule has 0 bridgehead atoms. The molecule has 2 rings (SSSR count). The second-order valence-corrected chi connectivity index (χ2v) is 4.71. The zero-order valence-electron chi connectivity index (χ0n) is 8.57. The van der Waals surface area contributed by atoms with E-state index in [0.29, 0.717) is 20.8 Å². The maximum Gasteiger partial charge on any atom is 0.258 e. The van der Waals surface area contributed by atoms with E-state index in [1.54, 1.807) is 12.1 Å². The fourth-order valence-electron chi connectivity index (χ4n) is 1.33. The van der Waals surface area contributed by atoms with Crippen LogP contribution in [0.1, 0.15) is 0 Å². The molecule has 1 heterocycles. The normalized spacial score (nSPS) is 10.6. The van der Waals surface area contributed by atoms with Gasteiger partial charge in [-0.1, -0.05) is 11.6 Å². The maximum atomic E-state index is 11.5. The van der Waals surface area contributed by atoms with Crippen LogP contribution in [0, 0.1) is 0 Å². The van der Waals surface area contributed by atoms with Crippen molar-refractivity contribution in [3.05, 3.63) is 33.8 Å². The Bertz CT molecular complexity index is 641. The number of carbonyl (C=O) groups excluding carboxylic acids is 1. The lowest BCUT2D eigenvalue weighted by Gasteiger charge is -2.04. The Morgan fingerprint density at radius 2 is 2.29 bits per heavy atom. The first-order chi connectivity index (χ1) is 8.08. The number of benzene rings is 1. The highest BCUT2D eigenvalue weighted by molar-refractivity contribution is 8.00. The number of aromatic nitrogens is 2. The van der Waals surface area contributed by atoms with Gasteiger partial charge in [0.15, 0.2) is 0 Å². The molecule has 7 heteroatoms. The number of carbonyl (C=O) groups is 1. The molecule has 0 saturated heterocycles. The van der Waals surface area contributed by atoms with E-state index < -0.39 is 5.91 Å². The minimum Gasteiger partial charge on any atom is -0.369 e. The fourth-order valence-corrected chi connectivity index (χ4v) is 2.35. The van der Waals surface area contributed by atoms with Crippen molar-refractivity contribution in [2.45, 2.75) is 4.90 Å². The van der Waals surface area contributed by atoms with Gasteiger partial charge in [0.2, 0.25) is 5.91 Å². The Morgan fingerprint density at radius 1 is 1.53 bits per heavy atom. The number of aromatic amines is 1. The maximum absolute atomic E-state index is 11.5. The lowest BCUT2D eigenvalue weighted by molar-refractivity contribution is -0.115. The van der Waals surface area contributed by atoms with E-state index in [0.717, 1.165) is 0 Å². The molecular formula is C10H8ClN3O2S. The third kappa shape index (κ3) is 2.59. The van der Waals surface area contributed by atoms with E-state index >= 15 is 0 Å². The molecule has 0 aliphatic rings. The summed E-state index contributed by atoms with van der Waals surface area (Å²) in [6.45, 7) is 0. The second-order valence-electron chi connectivity index (χ2n) is 3.29. The van der Waals surface area contributed by atoms with Crippen molar-refractivity contribution in [2.24, 2.45) is 5.73 Å². The highest BCUT2D eigenvalue weighted by Crippen LogP contribution is 2.29. The van der Waals surface area contributed by atoms with Crippen LogP contribution in [0.2, 0.25) is 5.02 Å². The minimum atomic E-state index is -0.439. The SMILES string of the molecule is NC(=O)CSc1cc2c(=O)[nH]cnc2cc1Cl. The smallest absolute Gasteiger partial charge is 0.258 e. The number of rotatable bonds is 3. The Labute approximate surface area is 105 Å². The molecule has 5 nitrogen and oxygen atoms in total. The summed E-state index contributed by atoms with van der Waals surface area (Å²) in [7, 11) is 0. The number of amides is 1. The van der Waals surface area contributed by atoms with E-state index in [-0.39, 0.29) is 11.3 Å². The van der Waals surface area contributed by atoms with Gasteiger partial charge in [-0.3, -0.25) is 9.59 Å². The largest absolute Gasteiger partial charge is 0.369 e. The lowest BCUT2D eigenvalue weighted by Crippen LogP contribution is -2.13. The average Bonchev–Trinajstić information content (AvgIpc) is 2.27. The second kappa shape index (κ2) is 4.77. The molecule has 17 heavy (non-hydrogen) atoms. The quantitative estimate of drug-likeness (QED) is 0.818. The lowest BCUT2D eigenvalue weighted by atomic mass is 10.2. The molecule has 0 saturated carbocycles. The summed E-state index contributed by atoms with van der Waals surface area (Å²) in [6, 6.07) is 3.20. The molecule has 0 atom stereocenters. The highest BCUT2D eigenvalue weighted by Gasteiger charge is 2.08. The first-order valence-electron chi connectivity index (χ1n) is 4.66. The fraction of sp³-hybridized carbons (Fsp3) is 0.100. The standard InChI is InChI=1S/C10H8ClN3O2S/c11-6-2-7-5(10(16)14-4-13-7)1-8(6)17-3-9(12)15/h1-2,4H,3H2,(H2,12,15)(H,13,14,16). The number of fused-ring (bicyclic) bond motifs is 1. The Balaban J connectivity index is 2.50. The first-order valence-corrected chi connectivity index (χ1v) is 6.02. The Kier molecular flexibility index (Phi) is 3.35. The van der Waals surface area contributed by atoms with Gasteiger partial charge < -0.3 is 10.7 Å². The van der Waals surface area contributed by atoms with Crippen LogP contribution in [0.15, 0.2) is 28.2 Å². The van der Waals surface area contributed by atoms with Crippen LogP contribution in [0.25, 0.3) is 10.9 Å². The Morgan fingerprint density at radius 3 is 3.00 bits per heavy atom. The number of thioether (sulfide) groups is 1. The van der Waals surface area contributed by atoms with E-state index in [1.807, 2.05) is 0 Å². The third-order valence-corrected chi connectivity index (χ3v) is 3.57. The molecule has 0 aliphatic heterocycles. The van der Waals surface area contributed by atoms with Crippen LogP contribution in [0.3, 0.4) is 0 Å². The summed E-state index contributed by atoms with van der Waals surface area (Å²) in [6.07, 6.45) is 1.32. The van der Waals surface area contributed by atoms with Gasteiger partial charge in [-0.05, 0) is 12.1 Å². The molecule has 1 amide bonds. The summed E-state index contributed by atoms with van der Waals surface area (Å²) in [5, 5.41) is 0.880. The third-order valence-electron chi connectivity index (χ3n) is 2.06. The number of nitrogens with zero attached hydrogens (tertiary/aromatic N) is 1. The summed E-state index contributed by atoms with van der Waals surface area (Å²) < 4.78 is 0. The zero-order chi connectivity index (χ0) is 12.4. The molecule has 2 aromatic rings. The number of nitrogens with one attached hydrogen (secondary N) is 1. The number of H-pyrrole nitrogens is 1. The summed E-state index contributed by atoms with van der Waals surface area (Å²) >= 11 is 7.21. The highest BCUT2D eigenvalue weighted by atomic mass is 35.5. The van der Waals surface area contributed by atoms with Crippen molar-refractivity contribution in [3.63, 3.8) is 0 Å². The van der Waals surface area contributed by atoms with Crippen LogP contribution in [-0.2, 0) is 4.79 Å². The Hall–Kier alpha value is -1.53. The number of hydrogen-bond acceptors (Lipinski definition) is 4. The van der Waals surface area contributed by atoms with Crippen molar-refractivity contribution in [1.29, 1.82) is 0 Å². The van der Waals surface area contributed by atoms with Gasteiger partial charge in [-0.15, -0.1) is 11.8 Å². The number of halogens is 1. The van der Waals surface area contributed by atoms with E-state index in [2.05, 4.69) is 9.97 Å². The number of primary amides is 1. The number of nitrogens with two attached hydrogens (primary N) is 1. The topological polar surface area (TPSA) is 88.8 Å². The van der Waals surface area contributed by atoms with Crippen molar-refractivity contribution < 1.29 is 4.79 Å². The molecule has 0 radical (unpaired) electrons. The molecule has 88 valence electrons. The van der Waals surface area contributed by atoms with Crippen LogP contribution < -0.4 is 11.3 Å². The van der Waals surface area contributed by atoms with Gasteiger partial charge in [0.25, 0.3) is 5.56 Å². The van der Waals surface area contributed by atoms with Crippen LogP contribution in [-0.4, -0.2) is 21.6 Å². The first kappa shape index (κ1) is 11.9. The van der Waals surface area contributed by atoms with Crippen molar-refractivity contribution in [1.82, 2.24) is 9.97 Å². The van der Waals surface area contributed by atoms with Gasteiger partial charge >= 0.3 is 0 Å². The molecule has 1 aromatic heterocycles. The molecule has 0 aliphatic carbocycles. The average molecular weight is 270 g/mol. The van der Waals surface area contributed by atoms with Crippen LogP contribution >= 0.6 is 23.4 Å². The van der Waals surface area contributed by atoms with Crippen molar-refractivity contribution in [2.75, 3.05) is 5.75 Å². The molecule has 3 N–H and O–H groups in total. The van der Waals surface area contributed by atoms with E-state index in [1.165, 1.54) is 18.1 Å². The molecule has 0 spiro atoms. The van der Waals surface area contributed by atoms with E-state index in [4.69, 9.17) is 17.3 Å².